The van der Waals surface area contributed by atoms with Gasteiger partial charge in [0.15, 0.2) is 0 Å². The summed E-state index contributed by atoms with van der Waals surface area (Å²) >= 11 is 1.96. The monoisotopic (exact) mass is 294 g/mol. The van der Waals surface area contributed by atoms with E-state index in [1.54, 1.807) is 12.0 Å². The summed E-state index contributed by atoms with van der Waals surface area (Å²) in [6, 6.07) is 0. The predicted molar refractivity (Wildman–Crippen MR) is 83.3 cm³/mol. The second-order valence-corrected chi connectivity index (χ2v) is 7.74. The van der Waals surface area contributed by atoms with Crippen LogP contribution in [-0.2, 0) is 23.1 Å². The van der Waals surface area contributed by atoms with E-state index in [1.807, 2.05) is 11.3 Å². The van der Waals surface area contributed by atoms with Gasteiger partial charge in [0.25, 0.3) is 0 Å². The molecule has 0 atom stereocenters. The number of nitrogens with zero attached hydrogens (tertiary/aromatic N) is 1. The molecule has 0 aromatic carbocycles. The van der Waals surface area contributed by atoms with Gasteiger partial charge in [-0.2, -0.15) is 0 Å². The lowest BCUT2D eigenvalue weighted by molar-refractivity contribution is 0.0592. The van der Waals surface area contributed by atoms with Gasteiger partial charge in [-0.05, 0) is 43.9 Å². The molecule has 4 heteroatoms. The van der Waals surface area contributed by atoms with Gasteiger partial charge in [0, 0.05) is 18.5 Å². The Hall–Kier alpha value is -0.450. The first-order valence-electron chi connectivity index (χ1n) is 7.87. The zero-order valence-electron chi connectivity index (χ0n) is 12.9. The van der Waals surface area contributed by atoms with Crippen LogP contribution in [0.1, 0.15) is 48.7 Å². The summed E-state index contributed by atoms with van der Waals surface area (Å²) in [4.78, 5) is 6.52. The number of rotatable bonds is 6. The first-order valence-corrected chi connectivity index (χ1v) is 8.69. The molecule has 1 fully saturated rings. The quantitative estimate of drug-likeness (QED) is 0.819. The highest BCUT2D eigenvalue weighted by molar-refractivity contribution is 7.12. The van der Waals surface area contributed by atoms with Crippen molar-refractivity contribution in [3.8, 4) is 0 Å². The third-order valence-electron chi connectivity index (χ3n) is 4.94. The summed E-state index contributed by atoms with van der Waals surface area (Å²) in [6.45, 7) is 6.38. The van der Waals surface area contributed by atoms with Gasteiger partial charge in [-0.15, -0.1) is 11.3 Å². The molecule has 1 N–H and O–H groups in total. The van der Waals surface area contributed by atoms with Crippen molar-refractivity contribution in [3.63, 3.8) is 0 Å². The molecule has 2 aliphatic rings. The number of aryl methyl sites for hydroxylation is 2. The van der Waals surface area contributed by atoms with E-state index in [9.17, 15) is 0 Å². The molecule has 0 saturated heterocycles. The van der Waals surface area contributed by atoms with Crippen LogP contribution >= 0.6 is 11.3 Å². The maximum Gasteiger partial charge on any atom is 0.113 e. The van der Waals surface area contributed by atoms with E-state index in [1.165, 1.54) is 42.8 Å². The van der Waals surface area contributed by atoms with Gasteiger partial charge in [0.05, 0.1) is 17.8 Å². The van der Waals surface area contributed by atoms with E-state index < -0.39 is 0 Å². The lowest BCUT2D eigenvalue weighted by Crippen LogP contribution is -2.54. The van der Waals surface area contributed by atoms with E-state index >= 15 is 0 Å². The van der Waals surface area contributed by atoms with Crippen molar-refractivity contribution >= 4 is 11.3 Å². The van der Waals surface area contributed by atoms with Crippen molar-refractivity contribution < 1.29 is 4.74 Å². The van der Waals surface area contributed by atoms with Crippen LogP contribution in [0.5, 0.6) is 0 Å². The molecule has 2 aliphatic carbocycles. The van der Waals surface area contributed by atoms with Gasteiger partial charge in [0.1, 0.15) is 5.01 Å². The number of aromatic nitrogens is 1. The Bertz CT molecular complexity index is 442. The molecule has 0 bridgehead atoms. The minimum atomic E-state index is 0.141. The second kappa shape index (κ2) is 5.74. The third-order valence-corrected chi connectivity index (χ3v) is 6.30. The van der Waals surface area contributed by atoms with Crippen LogP contribution < -0.4 is 5.32 Å². The van der Waals surface area contributed by atoms with Crippen molar-refractivity contribution in [2.45, 2.75) is 51.5 Å². The van der Waals surface area contributed by atoms with Gasteiger partial charge < -0.3 is 10.1 Å². The van der Waals surface area contributed by atoms with E-state index in [-0.39, 0.29) is 5.54 Å². The topological polar surface area (TPSA) is 34.1 Å². The van der Waals surface area contributed by atoms with Crippen molar-refractivity contribution in [3.05, 3.63) is 15.6 Å². The smallest absolute Gasteiger partial charge is 0.113 e. The number of ether oxygens (including phenoxy) is 1. The van der Waals surface area contributed by atoms with Crippen LogP contribution in [0.15, 0.2) is 0 Å². The van der Waals surface area contributed by atoms with E-state index in [2.05, 4.69) is 19.2 Å². The summed E-state index contributed by atoms with van der Waals surface area (Å²) < 4.78 is 5.20. The molecule has 112 valence electrons. The number of nitrogens with one attached hydrogen (secondary N) is 1. The van der Waals surface area contributed by atoms with Crippen molar-refractivity contribution in [2.75, 3.05) is 20.3 Å². The number of hydrogen-bond donors (Lipinski definition) is 1. The average molecular weight is 294 g/mol. The molecule has 0 spiro atoms. The minimum Gasteiger partial charge on any atom is -0.383 e. The summed E-state index contributed by atoms with van der Waals surface area (Å²) in [6.07, 6.45) is 6.21. The Kier molecular flexibility index (Phi) is 4.16. The first kappa shape index (κ1) is 14.5. The largest absolute Gasteiger partial charge is 0.383 e. The SMILES string of the molecule is COCCNC1(c2nc3c(s2)CCC3)CC(C(C)C)C1. The summed E-state index contributed by atoms with van der Waals surface area (Å²) in [5, 5.41) is 5.09. The number of hydrogen-bond acceptors (Lipinski definition) is 4. The zero-order valence-corrected chi connectivity index (χ0v) is 13.7. The van der Waals surface area contributed by atoms with Gasteiger partial charge in [-0.3, -0.25) is 0 Å². The van der Waals surface area contributed by atoms with E-state index in [4.69, 9.17) is 9.72 Å². The van der Waals surface area contributed by atoms with Crippen molar-refractivity contribution in [2.24, 2.45) is 11.8 Å². The van der Waals surface area contributed by atoms with E-state index in [0.29, 0.717) is 0 Å². The summed E-state index contributed by atoms with van der Waals surface area (Å²) in [7, 11) is 1.77. The predicted octanol–water partition coefficient (Wildman–Crippen LogP) is 3.13. The lowest BCUT2D eigenvalue weighted by atomic mass is 9.64. The molecular weight excluding hydrogens is 268 g/mol. The number of thiazole rings is 1. The molecular formula is C16H26N2OS. The Balaban J connectivity index is 1.75. The van der Waals surface area contributed by atoms with Crippen LogP contribution in [-0.4, -0.2) is 25.2 Å². The first-order chi connectivity index (χ1) is 9.64. The normalized spacial score (nSPS) is 28.7. The molecule has 1 saturated carbocycles. The molecule has 1 heterocycles. The van der Waals surface area contributed by atoms with Gasteiger partial charge in [0.2, 0.25) is 0 Å². The van der Waals surface area contributed by atoms with Gasteiger partial charge in [-0.25, -0.2) is 4.98 Å². The number of methoxy groups -OCH3 is 1. The third kappa shape index (κ3) is 2.53. The highest BCUT2D eigenvalue weighted by Gasteiger charge is 2.48. The summed E-state index contributed by atoms with van der Waals surface area (Å²) in [5.41, 5.74) is 1.52. The number of fused-ring (bicyclic) bond motifs is 1. The maximum absolute atomic E-state index is 5.20. The van der Waals surface area contributed by atoms with Gasteiger partial charge in [-0.1, -0.05) is 13.8 Å². The average Bonchev–Trinajstić information content (AvgIpc) is 2.92. The molecule has 0 radical (unpaired) electrons. The van der Waals surface area contributed by atoms with Crippen LogP contribution in [0, 0.1) is 11.8 Å². The van der Waals surface area contributed by atoms with E-state index in [0.717, 1.165) is 25.0 Å². The molecule has 20 heavy (non-hydrogen) atoms. The van der Waals surface area contributed by atoms with Crippen LogP contribution in [0.3, 0.4) is 0 Å². The Labute approximate surface area is 126 Å². The second-order valence-electron chi connectivity index (χ2n) is 6.66. The summed E-state index contributed by atoms with van der Waals surface area (Å²) in [5.74, 6) is 1.61. The zero-order chi connectivity index (χ0) is 14.2. The molecule has 1 aromatic rings. The fraction of sp³-hybridized carbons (Fsp3) is 0.812. The Morgan fingerprint density at radius 3 is 2.85 bits per heavy atom. The van der Waals surface area contributed by atoms with Crippen LogP contribution in [0.25, 0.3) is 0 Å². The molecule has 0 aliphatic heterocycles. The van der Waals surface area contributed by atoms with Crippen molar-refractivity contribution in [1.29, 1.82) is 0 Å². The molecule has 0 amide bonds. The lowest BCUT2D eigenvalue weighted by Gasteiger charge is -2.49. The fourth-order valence-corrected chi connectivity index (χ4v) is 4.82. The Morgan fingerprint density at radius 1 is 1.40 bits per heavy atom. The Morgan fingerprint density at radius 2 is 2.20 bits per heavy atom. The van der Waals surface area contributed by atoms with Crippen LogP contribution in [0.2, 0.25) is 0 Å². The minimum absolute atomic E-state index is 0.141. The maximum atomic E-state index is 5.20. The van der Waals surface area contributed by atoms with Crippen LogP contribution in [0.4, 0.5) is 0 Å². The highest BCUT2D eigenvalue weighted by atomic mass is 32.1. The highest BCUT2D eigenvalue weighted by Crippen LogP contribution is 2.50. The standard InChI is InChI=1S/C16H26N2OS/c1-11(2)12-9-16(10-12,17-7-8-19-3)15-18-13-5-4-6-14(13)20-15/h11-12,17H,4-10H2,1-3H3. The molecule has 0 unspecified atom stereocenters. The molecule has 1 aromatic heterocycles. The van der Waals surface area contributed by atoms with Crippen molar-refractivity contribution in [1.82, 2.24) is 10.3 Å². The van der Waals surface area contributed by atoms with Gasteiger partial charge >= 0.3 is 0 Å². The molecule has 3 nitrogen and oxygen atoms in total. The molecule has 3 rings (SSSR count). The fourth-order valence-electron chi connectivity index (χ4n) is 3.49.